The lowest BCUT2D eigenvalue weighted by Crippen LogP contribution is -2.40. The monoisotopic (exact) mass is 199 g/mol. The van der Waals surface area contributed by atoms with Gasteiger partial charge in [-0.1, -0.05) is 6.58 Å². The summed E-state index contributed by atoms with van der Waals surface area (Å²) in [4.78, 5) is 11.3. The number of amides is 1. The van der Waals surface area contributed by atoms with Gasteiger partial charge in [-0.05, 0) is 13.8 Å². The zero-order valence-corrected chi connectivity index (χ0v) is 10.1. The minimum absolute atomic E-state index is 0.0427. The molecule has 0 aliphatic heterocycles. The van der Waals surface area contributed by atoms with Gasteiger partial charge in [0, 0.05) is 18.0 Å². The van der Waals surface area contributed by atoms with Crippen LogP contribution in [-0.2, 0) is 4.79 Å². The van der Waals surface area contributed by atoms with Crippen LogP contribution in [0.2, 0.25) is 0 Å². The van der Waals surface area contributed by atoms with Gasteiger partial charge in [0.1, 0.15) is 0 Å². The van der Waals surface area contributed by atoms with Crippen LogP contribution in [0.5, 0.6) is 0 Å². The summed E-state index contributed by atoms with van der Waals surface area (Å²) >= 11 is 0. The third-order valence-corrected chi connectivity index (χ3v) is 2.00. The van der Waals surface area contributed by atoms with Crippen LogP contribution in [0, 0.1) is 0 Å². The molecule has 0 aliphatic rings. The molecular formula is C11H23N2O+. The summed E-state index contributed by atoms with van der Waals surface area (Å²) in [5.41, 5.74) is 0.571. The maximum atomic E-state index is 11.3. The van der Waals surface area contributed by atoms with Gasteiger partial charge in [0.2, 0.25) is 5.91 Å². The van der Waals surface area contributed by atoms with E-state index in [2.05, 4.69) is 33.0 Å². The van der Waals surface area contributed by atoms with Crippen molar-refractivity contribution in [3.05, 3.63) is 12.2 Å². The van der Waals surface area contributed by atoms with Gasteiger partial charge in [-0.2, -0.15) is 0 Å². The highest BCUT2D eigenvalue weighted by molar-refractivity contribution is 5.92. The van der Waals surface area contributed by atoms with E-state index in [0.717, 1.165) is 17.4 Å². The van der Waals surface area contributed by atoms with E-state index in [9.17, 15) is 4.79 Å². The van der Waals surface area contributed by atoms with Crippen LogP contribution in [-0.4, -0.2) is 44.1 Å². The largest absolute Gasteiger partial charge is 0.350 e. The molecule has 0 aromatic carbocycles. The van der Waals surface area contributed by atoms with Crippen molar-refractivity contribution in [2.45, 2.75) is 26.3 Å². The Balaban J connectivity index is 3.82. The van der Waals surface area contributed by atoms with E-state index >= 15 is 0 Å². The van der Waals surface area contributed by atoms with Crippen molar-refractivity contribution < 1.29 is 9.28 Å². The highest BCUT2D eigenvalue weighted by atomic mass is 16.1. The van der Waals surface area contributed by atoms with Crippen molar-refractivity contribution in [1.82, 2.24) is 5.32 Å². The first-order chi connectivity index (χ1) is 6.22. The summed E-state index contributed by atoms with van der Waals surface area (Å²) in [6.07, 6.45) is 0.989. The van der Waals surface area contributed by atoms with E-state index in [1.165, 1.54) is 0 Å². The molecule has 0 aliphatic carbocycles. The summed E-state index contributed by atoms with van der Waals surface area (Å²) in [5.74, 6) is -0.0427. The van der Waals surface area contributed by atoms with Gasteiger partial charge in [0.25, 0.3) is 0 Å². The van der Waals surface area contributed by atoms with Crippen molar-refractivity contribution in [2.75, 3.05) is 27.7 Å². The van der Waals surface area contributed by atoms with E-state index < -0.39 is 0 Å². The van der Waals surface area contributed by atoms with Gasteiger partial charge in [-0.15, -0.1) is 0 Å². The number of hydrogen-bond acceptors (Lipinski definition) is 1. The average Bonchev–Trinajstić information content (AvgIpc) is 1.99. The van der Waals surface area contributed by atoms with Crippen molar-refractivity contribution in [1.29, 1.82) is 0 Å². The quantitative estimate of drug-likeness (QED) is 0.522. The average molecular weight is 199 g/mol. The highest BCUT2D eigenvalue weighted by Crippen LogP contribution is 1.99. The van der Waals surface area contributed by atoms with Crippen LogP contribution in [0.15, 0.2) is 12.2 Å². The first kappa shape index (κ1) is 13.2. The second-order valence-electron chi connectivity index (χ2n) is 4.96. The lowest BCUT2D eigenvalue weighted by atomic mass is 10.2. The number of nitrogens with one attached hydrogen (secondary N) is 1. The molecule has 82 valence electrons. The summed E-state index contributed by atoms with van der Waals surface area (Å²) in [5, 5.41) is 2.90. The molecule has 3 nitrogen and oxygen atoms in total. The summed E-state index contributed by atoms with van der Waals surface area (Å²) in [7, 11) is 6.44. The van der Waals surface area contributed by atoms with Gasteiger partial charge < -0.3 is 9.80 Å². The Morgan fingerprint density at radius 1 is 1.43 bits per heavy atom. The molecule has 0 saturated carbocycles. The fourth-order valence-electron chi connectivity index (χ4n) is 1.00. The first-order valence-electron chi connectivity index (χ1n) is 4.99. The summed E-state index contributed by atoms with van der Waals surface area (Å²) in [6, 6.07) is 0.219. The molecule has 0 spiro atoms. The topological polar surface area (TPSA) is 29.1 Å². The Morgan fingerprint density at radius 2 is 1.93 bits per heavy atom. The SMILES string of the molecule is C=C(C)C(=O)NC(C)CC[N+](C)(C)C. The fourth-order valence-corrected chi connectivity index (χ4v) is 1.00. The second kappa shape index (κ2) is 5.15. The molecule has 1 atom stereocenters. The second-order valence-corrected chi connectivity index (χ2v) is 4.96. The van der Waals surface area contributed by atoms with Crippen molar-refractivity contribution in [3.8, 4) is 0 Å². The van der Waals surface area contributed by atoms with Gasteiger partial charge >= 0.3 is 0 Å². The van der Waals surface area contributed by atoms with E-state index in [1.807, 2.05) is 6.92 Å². The third-order valence-electron chi connectivity index (χ3n) is 2.00. The zero-order chi connectivity index (χ0) is 11.4. The third kappa shape index (κ3) is 6.66. The molecule has 1 N–H and O–H groups in total. The van der Waals surface area contributed by atoms with Crippen LogP contribution in [0.1, 0.15) is 20.3 Å². The molecule has 0 fully saturated rings. The maximum absolute atomic E-state index is 11.3. The van der Waals surface area contributed by atoms with Gasteiger partial charge in [-0.25, -0.2) is 0 Å². The summed E-state index contributed by atoms with van der Waals surface area (Å²) < 4.78 is 0.924. The Hall–Kier alpha value is -0.830. The van der Waals surface area contributed by atoms with Crippen molar-refractivity contribution >= 4 is 5.91 Å². The standard InChI is InChI=1S/C11H22N2O/c1-9(2)11(14)12-10(3)7-8-13(4,5)6/h10H,1,7-8H2,2-6H3/p+1. The number of carbonyl (C=O) groups excluding carboxylic acids is 1. The van der Waals surface area contributed by atoms with Crippen LogP contribution >= 0.6 is 0 Å². The predicted molar refractivity (Wildman–Crippen MR) is 59.9 cm³/mol. The van der Waals surface area contributed by atoms with E-state index in [-0.39, 0.29) is 11.9 Å². The number of rotatable bonds is 5. The van der Waals surface area contributed by atoms with Gasteiger partial charge in [0.05, 0.1) is 27.7 Å². The molecule has 1 unspecified atom stereocenters. The van der Waals surface area contributed by atoms with Crippen molar-refractivity contribution in [3.63, 3.8) is 0 Å². The number of nitrogens with zero attached hydrogens (tertiary/aromatic N) is 1. The Bertz CT molecular complexity index is 216. The Labute approximate surface area is 87.4 Å². The van der Waals surface area contributed by atoms with Crippen LogP contribution in [0.3, 0.4) is 0 Å². The molecule has 0 aromatic rings. The molecule has 0 saturated heterocycles. The predicted octanol–water partition coefficient (Wildman–Crippen LogP) is 1.16. The number of quaternary nitrogens is 1. The zero-order valence-electron chi connectivity index (χ0n) is 10.1. The molecule has 0 bridgehead atoms. The first-order valence-corrected chi connectivity index (χ1v) is 4.99. The fraction of sp³-hybridized carbons (Fsp3) is 0.727. The van der Waals surface area contributed by atoms with Crippen molar-refractivity contribution in [2.24, 2.45) is 0 Å². The molecule has 0 rings (SSSR count). The molecular weight excluding hydrogens is 176 g/mol. The van der Waals surface area contributed by atoms with Crippen LogP contribution < -0.4 is 5.32 Å². The molecule has 0 aromatic heterocycles. The van der Waals surface area contributed by atoms with Crippen LogP contribution in [0.25, 0.3) is 0 Å². The highest BCUT2D eigenvalue weighted by Gasteiger charge is 2.12. The smallest absolute Gasteiger partial charge is 0.246 e. The molecule has 3 heteroatoms. The molecule has 14 heavy (non-hydrogen) atoms. The van der Waals surface area contributed by atoms with Crippen LogP contribution in [0.4, 0.5) is 0 Å². The normalized spacial score (nSPS) is 13.5. The molecule has 0 radical (unpaired) electrons. The minimum atomic E-state index is -0.0427. The number of hydrogen-bond donors (Lipinski definition) is 1. The van der Waals surface area contributed by atoms with Gasteiger partial charge in [0.15, 0.2) is 0 Å². The Kier molecular flexibility index (Phi) is 4.85. The molecule has 0 heterocycles. The Morgan fingerprint density at radius 3 is 2.29 bits per heavy atom. The number of carbonyl (C=O) groups is 1. The van der Waals surface area contributed by atoms with E-state index in [0.29, 0.717) is 5.57 Å². The summed E-state index contributed by atoms with van der Waals surface area (Å²) in [6.45, 7) is 8.40. The minimum Gasteiger partial charge on any atom is -0.350 e. The van der Waals surface area contributed by atoms with E-state index in [1.54, 1.807) is 6.92 Å². The lowest BCUT2D eigenvalue weighted by molar-refractivity contribution is -0.870. The lowest BCUT2D eigenvalue weighted by Gasteiger charge is -2.25. The van der Waals surface area contributed by atoms with E-state index in [4.69, 9.17) is 0 Å². The van der Waals surface area contributed by atoms with Gasteiger partial charge in [-0.3, -0.25) is 4.79 Å². The molecule has 1 amide bonds. The maximum Gasteiger partial charge on any atom is 0.246 e.